The van der Waals surface area contributed by atoms with Gasteiger partial charge in [0.25, 0.3) is 0 Å². The van der Waals surface area contributed by atoms with Gasteiger partial charge in [0.05, 0.1) is 23.6 Å². The smallest absolute Gasteiger partial charge is 0.457 e. The Morgan fingerprint density at radius 1 is 1.00 bits per heavy atom. The van der Waals surface area contributed by atoms with Crippen molar-refractivity contribution in [3.8, 4) is 0 Å². The van der Waals surface area contributed by atoms with E-state index >= 15 is 0 Å². The van der Waals surface area contributed by atoms with Crippen molar-refractivity contribution in [2.75, 3.05) is 39.9 Å². The van der Waals surface area contributed by atoms with Crippen LogP contribution in [-0.4, -0.2) is 86.6 Å². The quantitative estimate of drug-likeness (QED) is 0.226. The fraction of sp³-hybridized carbons (Fsp3) is 0.889. The summed E-state index contributed by atoms with van der Waals surface area (Å²) in [5.41, 5.74) is -12.8. The molecule has 1 aliphatic rings. The van der Waals surface area contributed by atoms with Crippen LogP contribution in [0, 0.1) is 0 Å². The van der Waals surface area contributed by atoms with E-state index in [4.69, 9.17) is 4.74 Å². The van der Waals surface area contributed by atoms with Gasteiger partial charge in [-0.2, -0.15) is 43.2 Å². The van der Waals surface area contributed by atoms with Crippen molar-refractivity contribution in [2.45, 2.75) is 11.0 Å². The van der Waals surface area contributed by atoms with E-state index in [9.17, 15) is 48.3 Å². The minimum Gasteiger partial charge on any atom is -0.457 e. The van der Waals surface area contributed by atoms with Crippen LogP contribution in [0.1, 0.15) is 0 Å². The van der Waals surface area contributed by atoms with Gasteiger partial charge in [0, 0.05) is 0 Å². The predicted molar refractivity (Wildman–Crippen MR) is 69.5 cm³/mol. The van der Waals surface area contributed by atoms with Crippen LogP contribution in [0.15, 0.2) is 0 Å². The zero-order chi connectivity index (χ0) is 19.9. The van der Waals surface area contributed by atoms with E-state index in [1.54, 1.807) is 0 Å². The maximum absolute atomic E-state index is 12.6. The van der Waals surface area contributed by atoms with Gasteiger partial charge >= 0.3 is 37.0 Å². The van der Waals surface area contributed by atoms with Gasteiger partial charge in [-0.15, -0.1) is 0 Å². The molecule has 0 atom stereocenters. The second-order valence-electron chi connectivity index (χ2n) is 5.35. The summed E-state index contributed by atoms with van der Waals surface area (Å²) in [5.74, 6) is -2.11. The molecule has 1 heterocycles. The number of likely N-dealkylation sites (N-methyl/N-ethyl adjacent to an activating group) is 1. The van der Waals surface area contributed by atoms with Crippen LogP contribution in [0.5, 0.6) is 0 Å². The first-order chi connectivity index (χ1) is 11.0. The Kier molecular flexibility index (Phi) is 5.74. The molecule has 0 unspecified atom stereocenters. The van der Waals surface area contributed by atoms with E-state index in [0.29, 0.717) is 0 Å². The Bertz CT molecular complexity index is 702. The van der Waals surface area contributed by atoms with E-state index in [1.165, 1.54) is 7.05 Å². The highest BCUT2D eigenvalue weighted by Gasteiger charge is 2.69. The molecule has 1 saturated heterocycles. The Hall–Kier alpha value is -1.13. The third-order valence-electron chi connectivity index (χ3n) is 3.31. The first kappa shape index (κ1) is 21.9. The molecule has 1 N–H and O–H groups in total. The highest BCUT2D eigenvalue weighted by atomic mass is 32.3. The second kappa shape index (κ2) is 6.55. The molecule has 0 saturated carbocycles. The number of hydrogen-bond acceptors (Lipinski definition) is 5. The highest BCUT2D eigenvalue weighted by molar-refractivity contribution is 7.98. The van der Waals surface area contributed by atoms with Gasteiger partial charge in [-0.05, 0) is 0 Å². The average molecular weight is 424 g/mol. The largest absolute Gasteiger partial charge is 0.561 e. The lowest BCUT2D eigenvalue weighted by Crippen LogP contribution is -2.57. The molecule has 8 nitrogen and oxygen atoms in total. The molecule has 0 amide bonds. The number of quaternary nitrogens is 1. The molecule has 1 fully saturated rings. The third-order valence-corrected chi connectivity index (χ3v) is 6.95. The molecule has 16 heteroatoms. The maximum Gasteiger partial charge on any atom is 0.561 e. The Labute approximate surface area is 138 Å². The van der Waals surface area contributed by atoms with Gasteiger partial charge in [-0.25, -0.2) is 0 Å². The number of aliphatic hydroxyl groups is 1. The van der Waals surface area contributed by atoms with Crippen LogP contribution in [0.3, 0.4) is 0 Å². The molecule has 0 spiro atoms. The molecule has 0 bridgehead atoms. The van der Waals surface area contributed by atoms with Crippen molar-refractivity contribution in [3.05, 3.63) is 0 Å². The summed E-state index contributed by atoms with van der Waals surface area (Å²) in [6.45, 7) is -1.05. The van der Waals surface area contributed by atoms with Crippen LogP contribution in [-0.2, 0) is 24.8 Å². The van der Waals surface area contributed by atoms with Gasteiger partial charge < -0.3 is 14.3 Å². The summed E-state index contributed by atoms with van der Waals surface area (Å²) >= 11 is 0. The predicted octanol–water partition coefficient (Wildman–Crippen LogP) is 0.131. The van der Waals surface area contributed by atoms with Crippen molar-refractivity contribution >= 4 is 25.9 Å². The molecule has 148 valence electrons. The standard InChI is InChI=1S/C9H13F6N2O6S2/c1-17(2-4-23-5-3-17)6-7(18)16(24(19,20)8(10,11)12)25(21,22)9(13,14)15/h2-6H2,1H3/q+1/p+1. The van der Waals surface area contributed by atoms with Crippen LogP contribution >= 0.6 is 0 Å². The number of halogens is 6. The molecule has 0 aromatic heterocycles. The van der Waals surface area contributed by atoms with E-state index in [0.717, 1.165) is 0 Å². The molecular weight excluding hydrogens is 410 g/mol. The first-order valence-electron chi connectivity index (χ1n) is 6.35. The van der Waals surface area contributed by atoms with Crippen LogP contribution < -0.4 is 0 Å². The summed E-state index contributed by atoms with van der Waals surface area (Å²) < 4.78 is 124. The molecule has 25 heavy (non-hydrogen) atoms. The minimum atomic E-state index is -7.06. The van der Waals surface area contributed by atoms with Crippen molar-refractivity contribution in [2.24, 2.45) is 0 Å². The lowest BCUT2D eigenvalue weighted by Gasteiger charge is -2.35. The maximum atomic E-state index is 12.6. The van der Waals surface area contributed by atoms with E-state index < -0.39 is 51.4 Å². The summed E-state index contributed by atoms with van der Waals surface area (Å²) in [6.07, 6.45) is 0. The number of hydrogen-bond donors (Lipinski definition) is 1. The lowest BCUT2D eigenvalue weighted by atomic mass is 10.3. The number of morpholine rings is 1. The van der Waals surface area contributed by atoms with Gasteiger partial charge in [0.15, 0.2) is 0 Å². The fourth-order valence-electron chi connectivity index (χ4n) is 1.94. The molecule has 0 radical (unpaired) electrons. The number of nitrogens with zero attached hydrogens (tertiary/aromatic N) is 2. The van der Waals surface area contributed by atoms with Crippen LogP contribution in [0.2, 0.25) is 0 Å². The molecule has 0 aromatic rings. The van der Waals surface area contributed by atoms with Gasteiger partial charge in [0.1, 0.15) is 13.1 Å². The fourth-order valence-corrected chi connectivity index (χ4v) is 4.52. The zero-order valence-corrected chi connectivity index (χ0v) is 14.1. The number of sulfonamides is 2. The van der Waals surface area contributed by atoms with Gasteiger partial charge in [0.2, 0.25) is 6.54 Å². The van der Waals surface area contributed by atoms with Crippen molar-refractivity contribution in [1.29, 1.82) is 0 Å². The Balaban J connectivity index is 3.62. The monoisotopic (exact) mass is 424 g/mol. The van der Waals surface area contributed by atoms with Gasteiger partial charge in [-0.3, -0.25) is 0 Å². The lowest BCUT2D eigenvalue weighted by molar-refractivity contribution is -0.910. The van der Waals surface area contributed by atoms with E-state index in [2.05, 4.69) is 0 Å². The summed E-state index contributed by atoms with van der Waals surface area (Å²) in [5, 5.41) is 9.65. The molecule has 1 aliphatic heterocycles. The summed E-state index contributed by atoms with van der Waals surface area (Å²) in [6, 6.07) is 0. The van der Waals surface area contributed by atoms with Crippen molar-refractivity contribution in [3.63, 3.8) is 0 Å². The normalized spacial score (nSPS) is 19.5. The molecule has 1 rings (SSSR count). The van der Waals surface area contributed by atoms with Crippen LogP contribution in [0.4, 0.5) is 26.3 Å². The van der Waals surface area contributed by atoms with E-state index in [1.807, 2.05) is 0 Å². The summed E-state index contributed by atoms with van der Waals surface area (Å²) in [4.78, 5) is 0. The summed E-state index contributed by atoms with van der Waals surface area (Å²) in [7, 11) is -12.8. The number of rotatable bonds is 4. The molecular formula is C9H14F6N2O6S2+2. The number of aliphatic hydroxyl groups excluding tert-OH is 1. The topological polar surface area (TPSA) is 101 Å². The average Bonchev–Trinajstić information content (AvgIpc) is 2.35. The SMILES string of the molecule is C[N+]1(CC(O)=[N+](S(=O)(=O)C(F)(F)F)S(=O)(=O)C(F)(F)F)CCOCC1. The second-order valence-corrected chi connectivity index (χ2v) is 9.14. The highest BCUT2D eigenvalue weighted by Crippen LogP contribution is 2.32. The Morgan fingerprint density at radius 3 is 1.68 bits per heavy atom. The number of ether oxygens (including phenoxy) is 1. The zero-order valence-electron chi connectivity index (χ0n) is 12.5. The van der Waals surface area contributed by atoms with E-state index in [-0.39, 0.29) is 26.3 Å². The van der Waals surface area contributed by atoms with Crippen LogP contribution in [0.25, 0.3) is 0 Å². The van der Waals surface area contributed by atoms with Crippen molar-refractivity contribution in [1.82, 2.24) is 0 Å². The first-order valence-corrected chi connectivity index (χ1v) is 9.23. The minimum absolute atomic E-state index is 0.00394. The molecule has 0 aromatic carbocycles. The molecule has 0 aliphatic carbocycles. The van der Waals surface area contributed by atoms with Crippen molar-refractivity contribution < 1.29 is 60.9 Å². The van der Waals surface area contributed by atoms with Gasteiger partial charge in [-0.1, -0.05) is 0 Å². The number of alkyl halides is 6. The Morgan fingerprint density at radius 2 is 1.36 bits per heavy atom. The third kappa shape index (κ3) is 4.35.